The molecule has 0 aromatic carbocycles. The zero-order chi connectivity index (χ0) is 15.5. The Labute approximate surface area is 122 Å². The van der Waals surface area contributed by atoms with Crippen molar-refractivity contribution < 1.29 is 13.2 Å². The van der Waals surface area contributed by atoms with Crippen LogP contribution in [0.3, 0.4) is 0 Å². The number of halogens is 3. The molecular weight excluding hydrogens is 281 g/mol. The molecule has 1 aromatic rings. The van der Waals surface area contributed by atoms with Crippen LogP contribution < -0.4 is 10.6 Å². The van der Waals surface area contributed by atoms with E-state index in [9.17, 15) is 13.2 Å². The lowest BCUT2D eigenvalue weighted by Gasteiger charge is -2.39. The first-order chi connectivity index (χ1) is 9.95. The Bertz CT molecular complexity index is 435. The number of pyridine rings is 1. The lowest BCUT2D eigenvalue weighted by Crippen LogP contribution is -2.52. The van der Waals surface area contributed by atoms with E-state index in [0.29, 0.717) is 18.4 Å². The average molecular weight is 302 g/mol. The summed E-state index contributed by atoms with van der Waals surface area (Å²) in [6, 6.07) is 2.91. The third-order valence-corrected chi connectivity index (χ3v) is 3.97. The fourth-order valence-corrected chi connectivity index (χ4v) is 2.63. The van der Waals surface area contributed by atoms with Gasteiger partial charge in [0.1, 0.15) is 5.82 Å². The molecule has 7 heteroatoms. The summed E-state index contributed by atoms with van der Waals surface area (Å²) in [7, 11) is 0. The van der Waals surface area contributed by atoms with Gasteiger partial charge < -0.3 is 10.6 Å². The van der Waals surface area contributed by atoms with Crippen LogP contribution in [0.4, 0.5) is 19.0 Å². The van der Waals surface area contributed by atoms with Crippen molar-refractivity contribution in [3.05, 3.63) is 23.9 Å². The lowest BCUT2D eigenvalue weighted by molar-refractivity contribution is -0.137. The van der Waals surface area contributed by atoms with Gasteiger partial charge in [0.25, 0.3) is 0 Å². The van der Waals surface area contributed by atoms with E-state index in [0.717, 1.165) is 44.9 Å². The highest BCUT2D eigenvalue weighted by Crippen LogP contribution is 2.29. The highest BCUT2D eigenvalue weighted by molar-refractivity contribution is 5.40. The molecule has 21 heavy (non-hydrogen) atoms. The summed E-state index contributed by atoms with van der Waals surface area (Å²) in [5, 5.41) is 0. The van der Waals surface area contributed by atoms with Gasteiger partial charge in [0.05, 0.1) is 5.56 Å². The van der Waals surface area contributed by atoms with Gasteiger partial charge in [-0.25, -0.2) is 4.98 Å². The molecule has 1 unspecified atom stereocenters. The molecule has 1 aromatic heterocycles. The van der Waals surface area contributed by atoms with Crippen molar-refractivity contribution in [3.63, 3.8) is 0 Å². The Balaban J connectivity index is 1.96. The van der Waals surface area contributed by atoms with E-state index in [1.807, 2.05) is 4.90 Å². The van der Waals surface area contributed by atoms with E-state index in [2.05, 4.69) is 16.8 Å². The van der Waals surface area contributed by atoms with Gasteiger partial charge in [-0.2, -0.15) is 13.2 Å². The third kappa shape index (κ3) is 3.85. The van der Waals surface area contributed by atoms with Gasteiger partial charge in [0.15, 0.2) is 0 Å². The van der Waals surface area contributed by atoms with Crippen LogP contribution in [-0.2, 0) is 6.18 Å². The van der Waals surface area contributed by atoms with Crippen molar-refractivity contribution in [2.45, 2.75) is 25.6 Å². The summed E-state index contributed by atoms with van der Waals surface area (Å²) in [4.78, 5) is 8.29. The summed E-state index contributed by atoms with van der Waals surface area (Å²) >= 11 is 0. The number of anilines is 1. The van der Waals surface area contributed by atoms with Crippen LogP contribution in [0.25, 0.3) is 0 Å². The maximum atomic E-state index is 12.5. The maximum Gasteiger partial charge on any atom is 0.417 e. The summed E-state index contributed by atoms with van der Waals surface area (Å²) < 4.78 is 37.5. The van der Waals surface area contributed by atoms with Crippen LogP contribution in [0.5, 0.6) is 0 Å². The molecule has 0 aliphatic carbocycles. The van der Waals surface area contributed by atoms with Gasteiger partial charge in [0.2, 0.25) is 0 Å². The zero-order valence-electron chi connectivity index (χ0n) is 12.1. The molecule has 1 saturated heterocycles. The number of hydrogen-bond acceptors (Lipinski definition) is 4. The van der Waals surface area contributed by atoms with Crippen LogP contribution >= 0.6 is 0 Å². The standard InChI is InChI=1S/C14H21F3N4/c1-2-12(9-18)20-5-7-21(8-6-20)13-4-3-11(10-19-13)14(15,16)17/h3-4,10,12H,2,5-9,18H2,1H3. The maximum absolute atomic E-state index is 12.5. The molecule has 2 N–H and O–H groups in total. The Morgan fingerprint density at radius 1 is 1.24 bits per heavy atom. The first-order valence-electron chi connectivity index (χ1n) is 7.18. The number of alkyl halides is 3. The molecule has 0 amide bonds. The van der Waals surface area contributed by atoms with Gasteiger partial charge in [-0.15, -0.1) is 0 Å². The minimum atomic E-state index is -4.33. The second kappa shape index (κ2) is 6.62. The van der Waals surface area contributed by atoms with Crippen LogP contribution in [0, 0.1) is 0 Å². The molecule has 1 aliphatic heterocycles. The minimum Gasteiger partial charge on any atom is -0.354 e. The van der Waals surface area contributed by atoms with Crippen molar-refractivity contribution in [3.8, 4) is 0 Å². The summed E-state index contributed by atoms with van der Waals surface area (Å²) in [6.45, 7) is 5.98. The van der Waals surface area contributed by atoms with Crippen LogP contribution in [0.1, 0.15) is 18.9 Å². The largest absolute Gasteiger partial charge is 0.417 e. The Morgan fingerprint density at radius 2 is 1.90 bits per heavy atom. The van der Waals surface area contributed by atoms with Crippen molar-refractivity contribution in [2.75, 3.05) is 37.6 Å². The summed E-state index contributed by atoms with van der Waals surface area (Å²) in [5.41, 5.74) is 5.03. The second-order valence-electron chi connectivity index (χ2n) is 5.22. The SMILES string of the molecule is CCC(CN)N1CCN(c2ccc(C(F)(F)F)cn2)CC1. The van der Waals surface area contributed by atoms with Gasteiger partial charge in [0, 0.05) is 45.0 Å². The van der Waals surface area contributed by atoms with Gasteiger partial charge >= 0.3 is 6.18 Å². The monoisotopic (exact) mass is 302 g/mol. The number of nitrogens with zero attached hydrogens (tertiary/aromatic N) is 3. The number of hydrogen-bond donors (Lipinski definition) is 1. The Kier molecular flexibility index (Phi) is 5.05. The molecule has 1 aliphatic rings. The Morgan fingerprint density at radius 3 is 2.33 bits per heavy atom. The highest BCUT2D eigenvalue weighted by atomic mass is 19.4. The molecule has 1 fully saturated rings. The number of aromatic nitrogens is 1. The van der Waals surface area contributed by atoms with Gasteiger partial charge in [-0.05, 0) is 18.6 Å². The highest BCUT2D eigenvalue weighted by Gasteiger charge is 2.31. The van der Waals surface area contributed by atoms with E-state index >= 15 is 0 Å². The van der Waals surface area contributed by atoms with E-state index in [-0.39, 0.29) is 0 Å². The fraction of sp³-hybridized carbons (Fsp3) is 0.643. The normalized spacial score (nSPS) is 18.8. The molecule has 1 atom stereocenters. The average Bonchev–Trinajstić information content (AvgIpc) is 2.48. The summed E-state index contributed by atoms with van der Waals surface area (Å²) in [5.74, 6) is 0.600. The van der Waals surface area contributed by atoms with Crippen LogP contribution in [-0.4, -0.2) is 48.6 Å². The van der Waals surface area contributed by atoms with E-state index in [1.54, 1.807) is 0 Å². The molecule has 4 nitrogen and oxygen atoms in total. The number of rotatable bonds is 4. The Hall–Kier alpha value is -1.34. The molecule has 2 rings (SSSR count). The molecule has 2 heterocycles. The lowest BCUT2D eigenvalue weighted by atomic mass is 10.1. The molecule has 0 bridgehead atoms. The smallest absolute Gasteiger partial charge is 0.354 e. The number of nitrogens with two attached hydrogens (primary N) is 1. The second-order valence-corrected chi connectivity index (χ2v) is 5.22. The van der Waals surface area contributed by atoms with Gasteiger partial charge in [-0.1, -0.05) is 6.92 Å². The summed E-state index contributed by atoms with van der Waals surface area (Å²) in [6.07, 6.45) is -2.43. The molecular formula is C14H21F3N4. The quantitative estimate of drug-likeness (QED) is 0.923. The van der Waals surface area contributed by atoms with Crippen molar-refractivity contribution >= 4 is 5.82 Å². The van der Waals surface area contributed by atoms with E-state index < -0.39 is 11.7 Å². The molecule has 118 valence electrons. The first-order valence-corrected chi connectivity index (χ1v) is 7.18. The van der Waals surface area contributed by atoms with Crippen molar-refractivity contribution in [2.24, 2.45) is 5.73 Å². The van der Waals surface area contributed by atoms with E-state index in [1.165, 1.54) is 6.07 Å². The topological polar surface area (TPSA) is 45.4 Å². The van der Waals surface area contributed by atoms with Crippen molar-refractivity contribution in [1.29, 1.82) is 0 Å². The third-order valence-electron chi connectivity index (χ3n) is 3.97. The predicted octanol–water partition coefficient (Wildman–Crippen LogP) is 1.96. The predicted molar refractivity (Wildman–Crippen MR) is 76.2 cm³/mol. The molecule has 0 radical (unpaired) electrons. The van der Waals surface area contributed by atoms with Gasteiger partial charge in [-0.3, -0.25) is 4.90 Å². The molecule has 0 saturated carbocycles. The van der Waals surface area contributed by atoms with Crippen LogP contribution in [0.15, 0.2) is 18.3 Å². The fourth-order valence-electron chi connectivity index (χ4n) is 2.63. The zero-order valence-corrected chi connectivity index (χ0v) is 12.1. The number of piperazine rings is 1. The van der Waals surface area contributed by atoms with E-state index in [4.69, 9.17) is 5.73 Å². The molecule has 0 spiro atoms. The minimum absolute atomic E-state index is 0.382. The van der Waals surface area contributed by atoms with Crippen LogP contribution in [0.2, 0.25) is 0 Å². The van der Waals surface area contributed by atoms with Crippen molar-refractivity contribution in [1.82, 2.24) is 9.88 Å². The first kappa shape index (κ1) is 16.0.